The van der Waals surface area contributed by atoms with Gasteiger partial charge in [0.1, 0.15) is 0 Å². The molecule has 136 valence electrons. The SMILES string of the molecule is CC(C)n1cc([C@H](C)NC2CCN(CCc3ccncc3)CC2)cn1. The Hall–Kier alpha value is -1.72. The minimum absolute atomic E-state index is 0.362. The summed E-state index contributed by atoms with van der Waals surface area (Å²) in [5.74, 6) is 0. The zero-order chi connectivity index (χ0) is 17.6. The van der Waals surface area contributed by atoms with Crippen LogP contribution in [0.25, 0.3) is 0 Å². The van der Waals surface area contributed by atoms with E-state index in [2.05, 4.69) is 59.4 Å². The van der Waals surface area contributed by atoms with Gasteiger partial charge in [0, 0.05) is 48.8 Å². The molecule has 0 spiro atoms. The van der Waals surface area contributed by atoms with E-state index in [1.165, 1.54) is 37.1 Å². The lowest BCUT2D eigenvalue weighted by Gasteiger charge is -2.33. The molecule has 0 bridgehead atoms. The molecule has 2 aromatic rings. The number of nitrogens with zero attached hydrogens (tertiary/aromatic N) is 4. The van der Waals surface area contributed by atoms with Gasteiger partial charge < -0.3 is 10.2 Å². The van der Waals surface area contributed by atoms with Gasteiger partial charge in [-0.1, -0.05) is 0 Å². The predicted octanol–water partition coefficient (Wildman–Crippen LogP) is 3.22. The maximum absolute atomic E-state index is 4.46. The highest BCUT2D eigenvalue weighted by molar-refractivity contribution is 5.11. The Bertz CT molecular complexity index is 629. The van der Waals surface area contributed by atoms with Gasteiger partial charge in [0.2, 0.25) is 0 Å². The number of nitrogens with one attached hydrogen (secondary N) is 1. The highest BCUT2D eigenvalue weighted by atomic mass is 15.3. The van der Waals surface area contributed by atoms with Crippen molar-refractivity contribution in [3.8, 4) is 0 Å². The largest absolute Gasteiger partial charge is 0.307 e. The lowest BCUT2D eigenvalue weighted by Crippen LogP contribution is -2.43. The van der Waals surface area contributed by atoms with Crippen LogP contribution >= 0.6 is 0 Å². The minimum atomic E-state index is 0.362. The molecule has 2 aromatic heterocycles. The van der Waals surface area contributed by atoms with Gasteiger partial charge in [0.05, 0.1) is 6.20 Å². The summed E-state index contributed by atoms with van der Waals surface area (Å²) in [5, 5.41) is 8.25. The second-order valence-electron chi connectivity index (χ2n) is 7.46. The van der Waals surface area contributed by atoms with E-state index in [-0.39, 0.29) is 0 Å². The van der Waals surface area contributed by atoms with Crippen LogP contribution in [0.3, 0.4) is 0 Å². The first-order chi connectivity index (χ1) is 12.1. The predicted molar refractivity (Wildman–Crippen MR) is 102 cm³/mol. The van der Waals surface area contributed by atoms with Crippen LogP contribution in [0, 0.1) is 0 Å². The molecule has 1 saturated heterocycles. The fraction of sp³-hybridized carbons (Fsp3) is 0.600. The van der Waals surface area contributed by atoms with E-state index in [9.17, 15) is 0 Å². The molecule has 1 aliphatic rings. The molecule has 0 unspecified atom stereocenters. The van der Waals surface area contributed by atoms with Crippen molar-refractivity contribution >= 4 is 0 Å². The van der Waals surface area contributed by atoms with Crippen LogP contribution in [0.5, 0.6) is 0 Å². The second kappa shape index (κ2) is 8.59. The average molecular weight is 342 g/mol. The smallest absolute Gasteiger partial charge is 0.0537 e. The van der Waals surface area contributed by atoms with Gasteiger partial charge in [-0.05, 0) is 70.8 Å². The Balaban J connectivity index is 1.41. The summed E-state index contributed by atoms with van der Waals surface area (Å²) in [6, 6.07) is 5.63. The molecule has 0 aromatic carbocycles. The maximum Gasteiger partial charge on any atom is 0.0537 e. The first-order valence-corrected chi connectivity index (χ1v) is 9.53. The van der Waals surface area contributed by atoms with Gasteiger partial charge in [0.15, 0.2) is 0 Å². The number of aromatic nitrogens is 3. The van der Waals surface area contributed by atoms with Gasteiger partial charge in [0.25, 0.3) is 0 Å². The number of hydrogen-bond donors (Lipinski definition) is 1. The number of rotatable bonds is 7. The van der Waals surface area contributed by atoms with Gasteiger partial charge in [-0.3, -0.25) is 9.67 Å². The molecule has 0 amide bonds. The van der Waals surface area contributed by atoms with Crippen LogP contribution in [0.15, 0.2) is 36.9 Å². The van der Waals surface area contributed by atoms with Crippen LogP contribution < -0.4 is 5.32 Å². The third-order valence-electron chi connectivity index (χ3n) is 5.19. The van der Waals surface area contributed by atoms with Crippen LogP contribution in [-0.2, 0) is 6.42 Å². The lowest BCUT2D eigenvalue weighted by atomic mass is 10.0. The fourth-order valence-corrected chi connectivity index (χ4v) is 3.47. The van der Waals surface area contributed by atoms with Crippen molar-refractivity contribution in [1.29, 1.82) is 0 Å². The Labute approximate surface area is 151 Å². The molecule has 5 heteroatoms. The first kappa shape index (κ1) is 18.1. The molecule has 25 heavy (non-hydrogen) atoms. The van der Waals surface area contributed by atoms with E-state index in [1.54, 1.807) is 0 Å². The molecule has 5 nitrogen and oxygen atoms in total. The van der Waals surface area contributed by atoms with Gasteiger partial charge in [-0.2, -0.15) is 5.10 Å². The molecule has 0 aliphatic carbocycles. The molecular formula is C20H31N5. The third kappa shape index (κ3) is 5.13. The lowest BCUT2D eigenvalue weighted by molar-refractivity contribution is 0.194. The minimum Gasteiger partial charge on any atom is -0.307 e. The van der Waals surface area contributed by atoms with E-state index in [4.69, 9.17) is 0 Å². The highest BCUT2D eigenvalue weighted by Crippen LogP contribution is 2.18. The fourth-order valence-electron chi connectivity index (χ4n) is 3.47. The quantitative estimate of drug-likeness (QED) is 0.840. The van der Waals surface area contributed by atoms with Crippen molar-refractivity contribution in [2.75, 3.05) is 19.6 Å². The number of piperidine rings is 1. The van der Waals surface area contributed by atoms with Crippen LogP contribution in [0.1, 0.15) is 56.8 Å². The van der Waals surface area contributed by atoms with E-state index in [1.807, 2.05) is 23.3 Å². The second-order valence-corrected chi connectivity index (χ2v) is 7.46. The van der Waals surface area contributed by atoms with E-state index < -0.39 is 0 Å². The van der Waals surface area contributed by atoms with Crippen LogP contribution in [0.2, 0.25) is 0 Å². The highest BCUT2D eigenvalue weighted by Gasteiger charge is 2.21. The van der Waals surface area contributed by atoms with E-state index >= 15 is 0 Å². The van der Waals surface area contributed by atoms with Crippen molar-refractivity contribution in [2.24, 2.45) is 0 Å². The van der Waals surface area contributed by atoms with E-state index in [0.717, 1.165) is 13.0 Å². The van der Waals surface area contributed by atoms with E-state index in [0.29, 0.717) is 18.1 Å². The summed E-state index contributed by atoms with van der Waals surface area (Å²) in [6.45, 7) is 10.1. The van der Waals surface area contributed by atoms with Crippen molar-refractivity contribution in [3.63, 3.8) is 0 Å². The molecule has 1 aliphatic heterocycles. The van der Waals surface area contributed by atoms with Crippen molar-refractivity contribution in [3.05, 3.63) is 48.0 Å². The number of likely N-dealkylation sites (tertiary alicyclic amines) is 1. The summed E-state index contributed by atoms with van der Waals surface area (Å²) >= 11 is 0. The van der Waals surface area contributed by atoms with Crippen molar-refractivity contribution in [1.82, 2.24) is 25.0 Å². The summed E-state index contributed by atoms with van der Waals surface area (Å²) in [4.78, 5) is 6.67. The van der Waals surface area contributed by atoms with Crippen LogP contribution in [0.4, 0.5) is 0 Å². The molecule has 0 saturated carbocycles. The van der Waals surface area contributed by atoms with Crippen molar-refractivity contribution in [2.45, 2.75) is 58.2 Å². The normalized spacial score (nSPS) is 17.9. The summed E-state index contributed by atoms with van der Waals surface area (Å²) < 4.78 is 2.04. The summed E-state index contributed by atoms with van der Waals surface area (Å²) in [7, 11) is 0. The zero-order valence-electron chi connectivity index (χ0n) is 15.7. The summed E-state index contributed by atoms with van der Waals surface area (Å²) in [6.07, 6.45) is 11.5. The Morgan fingerprint density at radius 1 is 1.16 bits per heavy atom. The summed E-state index contributed by atoms with van der Waals surface area (Å²) in [5.41, 5.74) is 2.67. The zero-order valence-corrected chi connectivity index (χ0v) is 15.7. The standard InChI is InChI=1S/C20H31N5/c1-16(2)25-15-19(14-22-25)17(3)23-20-7-12-24(13-8-20)11-6-18-4-9-21-10-5-18/h4-5,9-10,14-17,20,23H,6-8,11-13H2,1-3H3/t17-/m0/s1. The van der Waals surface area contributed by atoms with Gasteiger partial charge in [-0.15, -0.1) is 0 Å². The van der Waals surface area contributed by atoms with Gasteiger partial charge >= 0.3 is 0 Å². The molecule has 0 radical (unpaired) electrons. The van der Waals surface area contributed by atoms with Gasteiger partial charge in [-0.25, -0.2) is 0 Å². The Morgan fingerprint density at radius 2 is 1.88 bits per heavy atom. The maximum atomic E-state index is 4.46. The number of pyridine rings is 1. The third-order valence-corrected chi connectivity index (χ3v) is 5.19. The molecular weight excluding hydrogens is 310 g/mol. The molecule has 3 rings (SSSR count). The molecule has 1 N–H and O–H groups in total. The Morgan fingerprint density at radius 3 is 2.52 bits per heavy atom. The first-order valence-electron chi connectivity index (χ1n) is 9.53. The Kier molecular flexibility index (Phi) is 6.21. The topological polar surface area (TPSA) is 46.0 Å². The molecule has 1 atom stereocenters. The molecule has 3 heterocycles. The van der Waals surface area contributed by atoms with Crippen LogP contribution in [-0.4, -0.2) is 45.3 Å². The number of hydrogen-bond acceptors (Lipinski definition) is 4. The molecule has 1 fully saturated rings. The van der Waals surface area contributed by atoms with Crippen molar-refractivity contribution < 1.29 is 0 Å². The average Bonchev–Trinajstić information content (AvgIpc) is 3.13. The monoisotopic (exact) mass is 341 g/mol.